The van der Waals surface area contributed by atoms with Crippen molar-refractivity contribution in [2.24, 2.45) is 0 Å². The number of aromatic nitrogens is 4. The Morgan fingerprint density at radius 3 is 2.50 bits per heavy atom. The number of nitrogens with one attached hydrogen (secondary N) is 2. The Morgan fingerprint density at radius 1 is 1.06 bits per heavy atom. The number of hydrogen-bond donors (Lipinski definition) is 3. The summed E-state index contributed by atoms with van der Waals surface area (Å²) < 4.78 is 5.37. The fourth-order valence-corrected chi connectivity index (χ4v) is 3.50. The Balaban J connectivity index is 1.46. The van der Waals surface area contributed by atoms with Gasteiger partial charge < -0.3 is 20.5 Å². The average molecular weight is 430 g/mol. The van der Waals surface area contributed by atoms with Crippen molar-refractivity contribution in [3.8, 4) is 5.75 Å². The van der Waals surface area contributed by atoms with E-state index < -0.39 is 12.1 Å². The first kappa shape index (κ1) is 21.1. The van der Waals surface area contributed by atoms with Crippen LogP contribution in [0.4, 0.5) is 11.6 Å². The van der Waals surface area contributed by atoms with Gasteiger partial charge in [-0.05, 0) is 49.2 Å². The van der Waals surface area contributed by atoms with Crippen LogP contribution in [-0.2, 0) is 0 Å². The van der Waals surface area contributed by atoms with Gasteiger partial charge in [0.15, 0.2) is 6.23 Å². The first-order valence-electron chi connectivity index (χ1n) is 9.91. The number of carbonyl (C=O) groups excluding carboxylic acids is 1. The fraction of sp³-hybridized carbons (Fsp3) is 0.174. The monoisotopic (exact) mass is 430 g/mol. The molecular formula is C23H22N6O3. The van der Waals surface area contributed by atoms with Gasteiger partial charge in [0.2, 0.25) is 5.95 Å². The summed E-state index contributed by atoms with van der Waals surface area (Å²) in [5, 5.41) is 24.8. The molecule has 0 aliphatic heterocycles. The maximum atomic E-state index is 12.7. The van der Waals surface area contributed by atoms with E-state index in [0.29, 0.717) is 11.1 Å². The Kier molecular flexibility index (Phi) is 5.91. The molecule has 32 heavy (non-hydrogen) atoms. The molecule has 1 amide bonds. The van der Waals surface area contributed by atoms with Crippen molar-refractivity contribution in [2.75, 3.05) is 12.4 Å². The average Bonchev–Trinajstić information content (AvgIpc) is 2.79. The van der Waals surface area contributed by atoms with E-state index in [4.69, 9.17) is 4.74 Å². The molecule has 162 valence electrons. The van der Waals surface area contributed by atoms with E-state index in [0.717, 1.165) is 28.0 Å². The predicted octanol–water partition coefficient (Wildman–Crippen LogP) is 3.21. The van der Waals surface area contributed by atoms with Crippen molar-refractivity contribution in [1.29, 1.82) is 0 Å². The van der Waals surface area contributed by atoms with Crippen molar-refractivity contribution in [3.63, 3.8) is 0 Å². The highest BCUT2D eigenvalue weighted by Crippen LogP contribution is 2.27. The summed E-state index contributed by atoms with van der Waals surface area (Å²) in [5.41, 5.74) is 3.74. The zero-order valence-electron chi connectivity index (χ0n) is 17.8. The number of benzene rings is 2. The molecule has 0 saturated carbocycles. The maximum absolute atomic E-state index is 12.7. The number of para-hydroxylation sites is 1. The zero-order valence-corrected chi connectivity index (χ0v) is 17.8. The minimum Gasteiger partial charge on any atom is -0.496 e. The Hall–Kier alpha value is -4.11. The van der Waals surface area contributed by atoms with Gasteiger partial charge >= 0.3 is 0 Å². The van der Waals surface area contributed by atoms with Gasteiger partial charge in [0.25, 0.3) is 5.91 Å². The molecule has 9 heteroatoms. The van der Waals surface area contributed by atoms with Crippen LogP contribution in [0.2, 0.25) is 0 Å². The van der Waals surface area contributed by atoms with Gasteiger partial charge in [-0.2, -0.15) is 0 Å². The molecule has 0 aliphatic rings. The number of amides is 1. The van der Waals surface area contributed by atoms with Crippen LogP contribution in [0.25, 0.3) is 10.9 Å². The van der Waals surface area contributed by atoms with E-state index in [-0.39, 0.29) is 11.6 Å². The van der Waals surface area contributed by atoms with Crippen LogP contribution in [0, 0.1) is 13.8 Å². The van der Waals surface area contributed by atoms with Gasteiger partial charge in [0.1, 0.15) is 11.4 Å². The number of hydrogen-bond acceptors (Lipinski definition) is 8. The van der Waals surface area contributed by atoms with E-state index in [1.165, 1.54) is 6.20 Å². The molecule has 3 N–H and O–H groups in total. The van der Waals surface area contributed by atoms with Crippen molar-refractivity contribution in [3.05, 3.63) is 77.2 Å². The van der Waals surface area contributed by atoms with Crippen LogP contribution < -0.4 is 15.4 Å². The SMILES string of the molecule is COc1c(C)cc(Nc2ncc(C(O)NC(=O)c3cccc4cccnc34)nn2)cc1C. The first-order valence-corrected chi connectivity index (χ1v) is 9.91. The molecule has 0 fully saturated rings. The Bertz CT molecular complexity index is 1250. The molecule has 2 aromatic carbocycles. The van der Waals surface area contributed by atoms with E-state index in [2.05, 4.69) is 30.8 Å². The number of aliphatic hydroxyl groups is 1. The minimum atomic E-state index is -1.37. The van der Waals surface area contributed by atoms with Crippen molar-refractivity contribution < 1.29 is 14.6 Å². The number of rotatable bonds is 6. The second-order valence-electron chi connectivity index (χ2n) is 7.23. The van der Waals surface area contributed by atoms with Gasteiger partial charge in [0, 0.05) is 17.3 Å². The minimum absolute atomic E-state index is 0.110. The van der Waals surface area contributed by atoms with Crippen LogP contribution in [0.1, 0.15) is 33.4 Å². The maximum Gasteiger partial charge on any atom is 0.255 e. The third-order valence-electron chi connectivity index (χ3n) is 4.93. The molecule has 2 heterocycles. The molecule has 1 unspecified atom stereocenters. The lowest BCUT2D eigenvalue weighted by Gasteiger charge is -2.14. The first-order chi connectivity index (χ1) is 15.5. The Morgan fingerprint density at radius 2 is 1.81 bits per heavy atom. The summed E-state index contributed by atoms with van der Waals surface area (Å²) in [6.45, 7) is 3.90. The topological polar surface area (TPSA) is 122 Å². The van der Waals surface area contributed by atoms with Crippen LogP contribution in [-0.4, -0.2) is 38.3 Å². The molecular weight excluding hydrogens is 408 g/mol. The number of pyridine rings is 1. The molecule has 4 aromatic rings. The van der Waals surface area contributed by atoms with Gasteiger partial charge in [0.05, 0.1) is 24.4 Å². The van der Waals surface area contributed by atoms with Gasteiger partial charge in [-0.3, -0.25) is 9.78 Å². The molecule has 1 atom stereocenters. The van der Waals surface area contributed by atoms with Gasteiger partial charge in [-0.25, -0.2) is 4.98 Å². The lowest BCUT2D eigenvalue weighted by atomic mass is 10.1. The number of fused-ring (bicyclic) bond motifs is 1. The van der Waals surface area contributed by atoms with E-state index in [9.17, 15) is 9.90 Å². The van der Waals surface area contributed by atoms with E-state index in [1.54, 1.807) is 31.5 Å². The van der Waals surface area contributed by atoms with Gasteiger partial charge in [-0.15, -0.1) is 10.2 Å². The fourth-order valence-electron chi connectivity index (χ4n) is 3.50. The summed E-state index contributed by atoms with van der Waals surface area (Å²) in [6, 6.07) is 12.8. The summed E-state index contributed by atoms with van der Waals surface area (Å²) in [6.07, 6.45) is 1.59. The van der Waals surface area contributed by atoms with E-state index in [1.807, 2.05) is 38.1 Å². The lowest BCUT2D eigenvalue weighted by molar-refractivity contribution is 0.0773. The van der Waals surface area contributed by atoms with Gasteiger partial charge in [-0.1, -0.05) is 18.2 Å². The number of aryl methyl sites for hydroxylation is 2. The number of carbonyl (C=O) groups is 1. The predicted molar refractivity (Wildman–Crippen MR) is 120 cm³/mol. The smallest absolute Gasteiger partial charge is 0.255 e. The van der Waals surface area contributed by atoms with E-state index >= 15 is 0 Å². The summed E-state index contributed by atoms with van der Waals surface area (Å²) in [5.74, 6) is 0.606. The summed E-state index contributed by atoms with van der Waals surface area (Å²) in [7, 11) is 1.63. The van der Waals surface area contributed by atoms with Crippen molar-refractivity contribution in [2.45, 2.75) is 20.1 Å². The van der Waals surface area contributed by atoms with Crippen molar-refractivity contribution in [1.82, 2.24) is 25.5 Å². The summed E-state index contributed by atoms with van der Waals surface area (Å²) in [4.78, 5) is 21.1. The number of aliphatic hydroxyl groups excluding tert-OH is 1. The summed E-state index contributed by atoms with van der Waals surface area (Å²) >= 11 is 0. The molecule has 0 aliphatic carbocycles. The highest BCUT2D eigenvalue weighted by molar-refractivity contribution is 6.05. The third-order valence-corrected chi connectivity index (χ3v) is 4.93. The quantitative estimate of drug-likeness (QED) is 0.399. The number of anilines is 2. The largest absolute Gasteiger partial charge is 0.496 e. The zero-order chi connectivity index (χ0) is 22.7. The lowest BCUT2D eigenvalue weighted by Crippen LogP contribution is -2.29. The van der Waals surface area contributed by atoms with Crippen LogP contribution >= 0.6 is 0 Å². The number of methoxy groups -OCH3 is 1. The molecule has 0 bridgehead atoms. The Labute approximate surface area is 184 Å². The second kappa shape index (κ2) is 8.94. The molecule has 9 nitrogen and oxygen atoms in total. The second-order valence-corrected chi connectivity index (χ2v) is 7.23. The van der Waals surface area contributed by atoms with Crippen LogP contribution in [0.15, 0.2) is 54.9 Å². The molecule has 0 saturated heterocycles. The highest BCUT2D eigenvalue weighted by atomic mass is 16.5. The van der Waals surface area contributed by atoms with Crippen molar-refractivity contribution >= 4 is 28.4 Å². The number of ether oxygens (including phenoxy) is 1. The molecule has 2 aromatic heterocycles. The highest BCUT2D eigenvalue weighted by Gasteiger charge is 2.17. The number of nitrogens with zero attached hydrogens (tertiary/aromatic N) is 4. The van der Waals surface area contributed by atoms with Crippen LogP contribution in [0.3, 0.4) is 0 Å². The van der Waals surface area contributed by atoms with Crippen LogP contribution in [0.5, 0.6) is 5.75 Å². The molecule has 0 spiro atoms. The third kappa shape index (κ3) is 4.33. The molecule has 4 rings (SSSR count). The molecule has 0 radical (unpaired) electrons. The normalized spacial score (nSPS) is 11.8. The standard InChI is InChI=1S/C23H22N6O3/c1-13-10-16(11-14(2)20(13)32-3)26-23-25-12-18(28-29-23)22(31)27-21(30)17-8-4-6-15-7-5-9-24-19(15)17/h4-12,22,31H,1-3H3,(H,27,30)(H,25,26,29).